The number of fused-ring (bicyclic) bond motifs is 1. The predicted octanol–water partition coefficient (Wildman–Crippen LogP) is 4.79. The van der Waals surface area contributed by atoms with Crippen molar-refractivity contribution in [2.24, 2.45) is 0 Å². The summed E-state index contributed by atoms with van der Waals surface area (Å²) in [6.45, 7) is 6.71. The molecule has 0 saturated heterocycles. The number of para-hydroxylation sites is 1. The molecule has 0 saturated carbocycles. The normalized spacial score (nSPS) is 12.1. The number of aliphatic hydroxyl groups is 1. The topological polar surface area (TPSA) is 58.4 Å². The van der Waals surface area contributed by atoms with Crippen LogP contribution in [0.5, 0.6) is 0 Å². The molecule has 5 heteroatoms. The van der Waals surface area contributed by atoms with Crippen LogP contribution in [0.25, 0.3) is 11.0 Å². The van der Waals surface area contributed by atoms with Gasteiger partial charge in [-0.1, -0.05) is 48.5 Å². The van der Waals surface area contributed by atoms with Crippen molar-refractivity contribution in [2.75, 3.05) is 11.4 Å². The van der Waals surface area contributed by atoms with E-state index in [0.29, 0.717) is 12.4 Å². The van der Waals surface area contributed by atoms with Crippen molar-refractivity contribution >= 4 is 22.6 Å². The molecular formula is C26H27N3O2. The molecule has 3 aromatic carbocycles. The number of hydrogen-bond donors (Lipinski definition) is 1. The third kappa shape index (κ3) is 4.09. The standard InChI is InChI=1S/C26H27N3O2/c1-4-28(21-13-9-6-10-14-21)24(30)17-29-23-16-19(3)18(2)15-22(23)27-26(29)25(31)20-11-7-5-8-12-20/h5-16,25,31H,4,17H2,1-3H3. The van der Waals surface area contributed by atoms with Crippen LogP contribution in [-0.4, -0.2) is 27.1 Å². The Morgan fingerprint density at radius 3 is 2.26 bits per heavy atom. The molecule has 1 atom stereocenters. The van der Waals surface area contributed by atoms with Crippen molar-refractivity contribution in [1.29, 1.82) is 0 Å². The maximum absolute atomic E-state index is 13.3. The Hall–Kier alpha value is -3.44. The first-order valence-electron chi connectivity index (χ1n) is 10.6. The largest absolute Gasteiger partial charge is 0.380 e. The minimum atomic E-state index is -0.922. The lowest BCUT2D eigenvalue weighted by molar-refractivity contribution is -0.119. The molecule has 0 fully saturated rings. The van der Waals surface area contributed by atoms with Crippen LogP contribution in [0.4, 0.5) is 5.69 Å². The lowest BCUT2D eigenvalue weighted by atomic mass is 10.1. The van der Waals surface area contributed by atoms with Crippen molar-refractivity contribution in [3.8, 4) is 0 Å². The second kappa shape index (κ2) is 8.74. The first-order chi connectivity index (χ1) is 15.0. The van der Waals surface area contributed by atoms with E-state index in [2.05, 4.69) is 0 Å². The first-order valence-corrected chi connectivity index (χ1v) is 10.6. The molecule has 1 aromatic heterocycles. The van der Waals surface area contributed by atoms with E-state index in [-0.39, 0.29) is 12.5 Å². The number of rotatable bonds is 6. The van der Waals surface area contributed by atoms with Gasteiger partial charge in [0, 0.05) is 12.2 Å². The molecule has 0 bridgehead atoms. The second-order valence-electron chi connectivity index (χ2n) is 7.77. The number of hydrogen-bond acceptors (Lipinski definition) is 3. The number of nitrogens with zero attached hydrogens (tertiary/aromatic N) is 3. The molecule has 1 unspecified atom stereocenters. The van der Waals surface area contributed by atoms with E-state index in [1.165, 1.54) is 0 Å². The number of likely N-dealkylation sites (N-methyl/N-ethyl adjacent to an activating group) is 1. The molecule has 1 heterocycles. The molecule has 0 radical (unpaired) electrons. The summed E-state index contributed by atoms with van der Waals surface area (Å²) < 4.78 is 1.85. The van der Waals surface area contributed by atoms with Gasteiger partial charge < -0.3 is 14.6 Å². The quantitative estimate of drug-likeness (QED) is 0.495. The Bertz CT molecular complexity index is 1200. The Labute approximate surface area is 182 Å². The van der Waals surface area contributed by atoms with Crippen LogP contribution in [0, 0.1) is 13.8 Å². The molecule has 0 spiro atoms. The van der Waals surface area contributed by atoms with Gasteiger partial charge in [-0.25, -0.2) is 4.98 Å². The van der Waals surface area contributed by atoms with E-state index >= 15 is 0 Å². The Morgan fingerprint density at radius 1 is 1.00 bits per heavy atom. The number of amides is 1. The van der Waals surface area contributed by atoms with Crippen LogP contribution in [0.15, 0.2) is 72.8 Å². The molecule has 158 valence electrons. The highest BCUT2D eigenvalue weighted by Gasteiger charge is 2.23. The number of aliphatic hydroxyl groups excluding tert-OH is 1. The monoisotopic (exact) mass is 413 g/mol. The molecule has 0 aliphatic rings. The number of aromatic nitrogens is 2. The number of aryl methyl sites for hydroxylation is 2. The van der Waals surface area contributed by atoms with Gasteiger partial charge in [0.25, 0.3) is 0 Å². The van der Waals surface area contributed by atoms with E-state index in [4.69, 9.17) is 4.98 Å². The molecule has 31 heavy (non-hydrogen) atoms. The van der Waals surface area contributed by atoms with E-state index < -0.39 is 6.10 Å². The number of anilines is 1. The maximum Gasteiger partial charge on any atom is 0.246 e. The summed E-state index contributed by atoms with van der Waals surface area (Å²) in [5.41, 5.74) is 5.49. The zero-order valence-corrected chi connectivity index (χ0v) is 18.1. The predicted molar refractivity (Wildman–Crippen MR) is 124 cm³/mol. The number of benzene rings is 3. The van der Waals surface area contributed by atoms with Crippen LogP contribution in [0.1, 0.15) is 35.5 Å². The molecule has 4 rings (SSSR count). The van der Waals surface area contributed by atoms with Crippen LogP contribution < -0.4 is 4.90 Å². The van der Waals surface area contributed by atoms with Gasteiger partial charge in [0.2, 0.25) is 5.91 Å². The third-order valence-electron chi connectivity index (χ3n) is 5.73. The zero-order valence-electron chi connectivity index (χ0n) is 18.1. The van der Waals surface area contributed by atoms with Crippen molar-refractivity contribution in [3.63, 3.8) is 0 Å². The average Bonchev–Trinajstić information content (AvgIpc) is 3.12. The lowest BCUT2D eigenvalue weighted by Gasteiger charge is -2.22. The van der Waals surface area contributed by atoms with Crippen LogP contribution in [-0.2, 0) is 11.3 Å². The smallest absolute Gasteiger partial charge is 0.246 e. The van der Waals surface area contributed by atoms with Gasteiger partial charge in [0.15, 0.2) is 0 Å². The minimum absolute atomic E-state index is 0.0484. The fourth-order valence-electron chi connectivity index (χ4n) is 3.89. The van der Waals surface area contributed by atoms with Gasteiger partial charge in [-0.2, -0.15) is 0 Å². The second-order valence-corrected chi connectivity index (χ2v) is 7.77. The van der Waals surface area contributed by atoms with E-state index in [0.717, 1.165) is 33.4 Å². The summed E-state index contributed by atoms with van der Waals surface area (Å²) in [4.78, 5) is 19.8. The fraction of sp³-hybridized carbons (Fsp3) is 0.231. The summed E-state index contributed by atoms with van der Waals surface area (Å²) in [5, 5.41) is 11.1. The molecule has 4 aromatic rings. The van der Waals surface area contributed by atoms with Crippen molar-refractivity contribution in [3.05, 3.63) is 95.3 Å². The van der Waals surface area contributed by atoms with Crippen LogP contribution >= 0.6 is 0 Å². The van der Waals surface area contributed by atoms with Gasteiger partial charge in [0.05, 0.1) is 11.0 Å². The van der Waals surface area contributed by atoms with Gasteiger partial charge in [-0.3, -0.25) is 4.79 Å². The minimum Gasteiger partial charge on any atom is -0.380 e. The molecule has 5 nitrogen and oxygen atoms in total. The number of carbonyl (C=O) groups is 1. The summed E-state index contributed by atoms with van der Waals surface area (Å²) in [7, 11) is 0. The summed E-state index contributed by atoms with van der Waals surface area (Å²) in [6, 6.07) is 23.1. The van der Waals surface area contributed by atoms with Crippen molar-refractivity contribution < 1.29 is 9.90 Å². The highest BCUT2D eigenvalue weighted by molar-refractivity contribution is 5.94. The SMILES string of the molecule is CCN(C(=O)Cn1c(C(O)c2ccccc2)nc2cc(C)c(C)cc21)c1ccccc1. The average molecular weight is 414 g/mol. The number of imidazole rings is 1. The molecule has 0 aliphatic carbocycles. The van der Waals surface area contributed by atoms with E-state index in [1.54, 1.807) is 4.90 Å². The van der Waals surface area contributed by atoms with E-state index in [9.17, 15) is 9.90 Å². The Morgan fingerprint density at radius 2 is 1.61 bits per heavy atom. The lowest BCUT2D eigenvalue weighted by Crippen LogP contribution is -2.34. The van der Waals surface area contributed by atoms with Crippen molar-refractivity contribution in [2.45, 2.75) is 33.4 Å². The fourth-order valence-corrected chi connectivity index (χ4v) is 3.89. The highest BCUT2D eigenvalue weighted by Crippen LogP contribution is 2.28. The van der Waals surface area contributed by atoms with Gasteiger partial charge in [-0.15, -0.1) is 0 Å². The molecule has 1 amide bonds. The maximum atomic E-state index is 13.3. The summed E-state index contributed by atoms with van der Waals surface area (Å²) in [6.07, 6.45) is -0.922. The molecule has 1 N–H and O–H groups in total. The van der Waals surface area contributed by atoms with Gasteiger partial charge in [-0.05, 0) is 61.7 Å². The first kappa shape index (κ1) is 20.8. The van der Waals surface area contributed by atoms with Crippen LogP contribution in [0.2, 0.25) is 0 Å². The van der Waals surface area contributed by atoms with Gasteiger partial charge in [0.1, 0.15) is 18.5 Å². The number of carbonyl (C=O) groups excluding carboxylic acids is 1. The Kier molecular flexibility index (Phi) is 5.87. The Balaban J connectivity index is 1.79. The summed E-state index contributed by atoms with van der Waals surface area (Å²) >= 11 is 0. The molecular weight excluding hydrogens is 386 g/mol. The third-order valence-corrected chi connectivity index (χ3v) is 5.73. The van der Waals surface area contributed by atoms with Gasteiger partial charge >= 0.3 is 0 Å². The van der Waals surface area contributed by atoms with E-state index in [1.807, 2.05) is 98.1 Å². The van der Waals surface area contributed by atoms with Crippen molar-refractivity contribution in [1.82, 2.24) is 9.55 Å². The molecule has 0 aliphatic heterocycles. The van der Waals surface area contributed by atoms with Crippen LogP contribution in [0.3, 0.4) is 0 Å². The zero-order chi connectivity index (χ0) is 22.0. The summed E-state index contributed by atoms with van der Waals surface area (Å²) in [5.74, 6) is 0.427. The highest BCUT2D eigenvalue weighted by atomic mass is 16.3.